The quantitative estimate of drug-likeness (QED) is 0.938. The van der Waals surface area contributed by atoms with E-state index in [1.807, 2.05) is 13.0 Å². The number of halogens is 2. The minimum Gasteiger partial charge on any atom is -0.351 e. The molecule has 0 radical (unpaired) electrons. The number of nitrogens with zero attached hydrogens (tertiary/aromatic N) is 1. The third-order valence-electron chi connectivity index (χ3n) is 2.64. The van der Waals surface area contributed by atoms with E-state index in [-0.39, 0.29) is 17.7 Å². The zero-order valence-electron chi connectivity index (χ0n) is 10.4. The SMILES string of the molecule is Cc1cc(C(=O)NC(C)c2ccc(Cl)c(Cl)c2)on1. The molecule has 100 valence electrons. The van der Waals surface area contributed by atoms with E-state index in [4.69, 9.17) is 27.7 Å². The fourth-order valence-corrected chi connectivity index (χ4v) is 1.91. The first kappa shape index (κ1) is 13.9. The normalized spacial score (nSPS) is 12.2. The maximum atomic E-state index is 11.9. The van der Waals surface area contributed by atoms with Crippen molar-refractivity contribution in [2.45, 2.75) is 19.9 Å². The van der Waals surface area contributed by atoms with Crippen molar-refractivity contribution in [2.24, 2.45) is 0 Å². The molecule has 0 spiro atoms. The van der Waals surface area contributed by atoms with E-state index in [9.17, 15) is 4.79 Å². The molecule has 1 heterocycles. The Bertz CT molecular complexity index is 610. The van der Waals surface area contributed by atoms with E-state index in [1.54, 1.807) is 25.1 Å². The van der Waals surface area contributed by atoms with E-state index >= 15 is 0 Å². The first-order chi connectivity index (χ1) is 8.97. The third kappa shape index (κ3) is 3.28. The molecule has 1 atom stereocenters. The Labute approximate surface area is 120 Å². The van der Waals surface area contributed by atoms with Gasteiger partial charge in [0, 0.05) is 6.07 Å². The monoisotopic (exact) mass is 298 g/mol. The van der Waals surface area contributed by atoms with Gasteiger partial charge in [-0.2, -0.15) is 0 Å². The Hall–Kier alpha value is -1.52. The molecule has 1 amide bonds. The highest BCUT2D eigenvalue weighted by atomic mass is 35.5. The average Bonchev–Trinajstić information content (AvgIpc) is 2.79. The Morgan fingerprint density at radius 3 is 2.63 bits per heavy atom. The minimum absolute atomic E-state index is 0.185. The topological polar surface area (TPSA) is 55.1 Å². The summed E-state index contributed by atoms with van der Waals surface area (Å²) >= 11 is 11.8. The summed E-state index contributed by atoms with van der Waals surface area (Å²) in [6.07, 6.45) is 0. The van der Waals surface area contributed by atoms with Crippen molar-refractivity contribution in [3.05, 3.63) is 51.3 Å². The highest BCUT2D eigenvalue weighted by molar-refractivity contribution is 6.42. The Balaban J connectivity index is 2.10. The number of carbonyl (C=O) groups is 1. The molecule has 0 aliphatic heterocycles. The standard InChI is InChI=1S/C13H12Cl2N2O2/c1-7-5-12(19-17-7)13(18)16-8(2)9-3-4-10(14)11(15)6-9/h3-6,8H,1-2H3,(H,16,18). The molecule has 0 saturated heterocycles. The number of benzene rings is 1. The van der Waals surface area contributed by atoms with E-state index < -0.39 is 0 Å². The highest BCUT2D eigenvalue weighted by Crippen LogP contribution is 2.25. The van der Waals surface area contributed by atoms with Crippen molar-refractivity contribution in [3.8, 4) is 0 Å². The summed E-state index contributed by atoms with van der Waals surface area (Å²) in [5.41, 5.74) is 1.52. The molecule has 1 aromatic carbocycles. The molecule has 0 fully saturated rings. The molecule has 1 aromatic heterocycles. The molecule has 1 unspecified atom stereocenters. The van der Waals surface area contributed by atoms with Crippen LogP contribution in [-0.2, 0) is 0 Å². The summed E-state index contributed by atoms with van der Waals surface area (Å²) in [7, 11) is 0. The molecule has 19 heavy (non-hydrogen) atoms. The fourth-order valence-electron chi connectivity index (χ4n) is 1.60. The molecule has 0 aliphatic carbocycles. The van der Waals surface area contributed by atoms with Gasteiger partial charge in [0.2, 0.25) is 5.76 Å². The number of nitrogens with one attached hydrogen (secondary N) is 1. The van der Waals surface area contributed by atoms with Crippen LogP contribution in [0.5, 0.6) is 0 Å². The zero-order valence-corrected chi connectivity index (χ0v) is 11.9. The van der Waals surface area contributed by atoms with Crippen LogP contribution < -0.4 is 5.32 Å². The van der Waals surface area contributed by atoms with Crippen LogP contribution in [-0.4, -0.2) is 11.1 Å². The molecule has 1 N–H and O–H groups in total. The second-order valence-corrected chi connectivity index (χ2v) is 5.02. The highest BCUT2D eigenvalue weighted by Gasteiger charge is 2.15. The van der Waals surface area contributed by atoms with Gasteiger partial charge >= 0.3 is 0 Å². The lowest BCUT2D eigenvalue weighted by Gasteiger charge is -2.13. The predicted molar refractivity (Wildman–Crippen MR) is 73.6 cm³/mol. The van der Waals surface area contributed by atoms with E-state index in [0.717, 1.165) is 5.56 Å². The molecule has 6 heteroatoms. The lowest BCUT2D eigenvalue weighted by Crippen LogP contribution is -2.26. The summed E-state index contributed by atoms with van der Waals surface area (Å²) in [6, 6.07) is 6.59. The largest absolute Gasteiger partial charge is 0.351 e. The summed E-state index contributed by atoms with van der Waals surface area (Å²) in [4.78, 5) is 11.9. The summed E-state index contributed by atoms with van der Waals surface area (Å²) in [5.74, 6) is -0.136. The molecule has 0 bridgehead atoms. The summed E-state index contributed by atoms with van der Waals surface area (Å²) in [5, 5.41) is 7.40. The number of aryl methyl sites for hydroxylation is 1. The summed E-state index contributed by atoms with van der Waals surface area (Å²) < 4.78 is 4.90. The lowest BCUT2D eigenvalue weighted by molar-refractivity contribution is 0.0902. The van der Waals surface area contributed by atoms with Crippen LogP contribution >= 0.6 is 23.2 Å². The number of amides is 1. The number of aromatic nitrogens is 1. The van der Waals surface area contributed by atoms with Crippen molar-refractivity contribution in [1.82, 2.24) is 10.5 Å². The maximum Gasteiger partial charge on any atom is 0.290 e. The van der Waals surface area contributed by atoms with E-state index in [2.05, 4.69) is 10.5 Å². The van der Waals surface area contributed by atoms with E-state index in [1.165, 1.54) is 0 Å². The van der Waals surface area contributed by atoms with Gasteiger partial charge in [0.05, 0.1) is 21.8 Å². The average molecular weight is 299 g/mol. The molecule has 0 aliphatic rings. The van der Waals surface area contributed by atoms with Crippen LogP contribution in [0.2, 0.25) is 10.0 Å². The van der Waals surface area contributed by atoms with Crippen molar-refractivity contribution >= 4 is 29.1 Å². The fraction of sp³-hybridized carbons (Fsp3) is 0.231. The van der Waals surface area contributed by atoms with Crippen LogP contribution in [0, 0.1) is 6.92 Å². The zero-order chi connectivity index (χ0) is 14.0. The molecular weight excluding hydrogens is 287 g/mol. The van der Waals surface area contributed by atoms with Crippen molar-refractivity contribution < 1.29 is 9.32 Å². The Kier molecular flexibility index (Phi) is 4.12. The molecular formula is C13H12Cl2N2O2. The van der Waals surface area contributed by atoms with Gasteiger partial charge in [-0.15, -0.1) is 0 Å². The van der Waals surface area contributed by atoms with Gasteiger partial charge in [0.25, 0.3) is 5.91 Å². The van der Waals surface area contributed by atoms with Crippen LogP contribution in [0.1, 0.15) is 34.8 Å². The third-order valence-corrected chi connectivity index (χ3v) is 3.38. The van der Waals surface area contributed by atoms with Gasteiger partial charge < -0.3 is 9.84 Å². The van der Waals surface area contributed by atoms with Gasteiger partial charge in [-0.25, -0.2) is 0 Å². The van der Waals surface area contributed by atoms with Gasteiger partial charge in [-0.3, -0.25) is 4.79 Å². The van der Waals surface area contributed by atoms with Crippen molar-refractivity contribution in [1.29, 1.82) is 0 Å². The summed E-state index contributed by atoms with van der Waals surface area (Å²) in [6.45, 7) is 3.60. The second kappa shape index (κ2) is 5.63. The number of hydrogen-bond donors (Lipinski definition) is 1. The molecule has 0 saturated carbocycles. The van der Waals surface area contributed by atoms with Crippen molar-refractivity contribution in [2.75, 3.05) is 0 Å². The molecule has 2 aromatic rings. The van der Waals surface area contributed by atoms with Crippen LogP contribution in [0.3, 0.4) is 0 Å². The smallest absolute Gasteiger partial charge is 0.290 e. The first-order valence-corrected chi connectivity index (χ1v) is 6.42. The van der Waals surface area contributed by atoms with Gasteiger partial charge in [0.1, 0.15) is 0 Å². The molecule has 4 nitrogen and oxygen atoms in total. The minimum atomic E-state index is -0.320. The van der Waals surface area contributed by atoms with Crippen molar-refractivity contribution in [3.63, 3.8) is 0 Å². The first-order valence-electron chi connectivity index (χ1n) is 5.66. The Morgan fingerprint density at radius 2 is 2.05 bits per heavy atom. The van der Waals surface area contributed by atoms with E-state index in [0.29, 0.717) is 15.7 Å². The maximum absolute atomic E-state index is 11.9. The van der Waals surface area contributed by atoms with Gasteiger partial charge in [-0.1, -0.05) is 34.4 Å². The Morgan fingerprint density at radius 1 is 1.32 bits per heavy atom. The lowest BCUT2D eigenvalue weighted by atomic mass is 10.1. The van der Waals surface area contributed by atoms with Gasteiger partial charge in [-0.05, 0) is 31.5 Å². The number of rotatable bonds is 3. The molecule has 2 rings (SSSR count). The predicted octanol–water partition coefficient (Wildman–Crippen LogP) is 3.78. The number of hydrogen-bond acceptors (Lipinski definition) is 3. The second-order valence-electron chi connectivity index (χ2n) is 4.20. The van der Waals surface area contributed by atoms with Crippen LogP contribution in [0.4, 0.5) is 0 Å². The van der Waals surface area contributed by atoms with Gasteiger partial charge in [0.15, 0.2) is 0 Å². The van der Waals surface area contributed by atoms with Crippen LogP contribution in [0.25, 0.3) is 0 Å². The van der Waals surface area contributed by atoms with Crippen LogP contribution in [0.15, 0.2) is 28.8 Å². The number of carbonyl (C=O) groups excluding carboxylic acids is 1.